The molecule has 1 aliphatic heterocycles. The van der Waals surface area contributed by atoms with Crippen molar-refractivity contribution in [1.82, 2.24) is 4.90 Å². The van der Waals surface area contributed by atoms with E-state index in [2.05, 4.69) is 39.6 Å². The van der Waals surface area contributed by atoms with Crippen molar-refractivity contribution < 1.29 is 42.9 Å². The zero-order chi connectivity index (χ0) is 38.4. The molecule has 10 heteroatoms. The van der Waals surface area contributed by atoms with Crippen LogP contribution in [0.1, 0.15) is 118 Å². The Balaban J connectivity index is 1.00. The highest BCUT2D eigenvalue weighted by molar-refractivity contribution is 5.92. The summed E-state index contributed by atoms with van der Waals surface area (Å²) in [6, 6.07) is 20.2. The van der Waals surface area contributed by atoms with Gasteiger partial charge in [0.2, 0.25) is 0 Å². The number of carbonyl (C=O) groups is 4. The molecular formula is C43H55NO9. The number of carbonyl (C=O) groups excluding carboxylic acids is 4. The predicted octanol–water partition coefficient (Wildman–Crippen LogP) is 8.67. The van der Waals surface area contributed by atoms with Gasteiger partial charge in [-0.1, -0.05) is 43.4 Å². The summed E-state index contributed by atoms with van der Waals surface area (Å²) in [6.45, 7) is 11.5. The molecule has 1 fully saturated rings. The summed E-state index contributed by atoms with van der Waals surface area (Å²) in [7, 11) is 2.11. The van der Waals surface area contributed by atoms with Crippen molar-refractivity contribution in [2.24, 2.45) is 0 Å². The fourth-order valence-corrected chi connectivity index (χ4v) is 6.46. The lowest BCUT2D eigenvalue weighted by atomic mass is 9.79. The van der Waals surface area contributed by atoms with E-state index in [0.717, 1.165) is 56.9 Å². The molecule has 0 unspecified atom stereocenters. The van der Waals surface area contributed by atoms with Crippen molar-refractivity contribution in [2.75, 3.05) is 20.3 Å². The minimum absolute atomic E-state index is 0.0382. The molecule has 1 aliphatic rings. The molecular weight excluding hydrogens is 674 g/mol. The summed E-state index contributed by atoms with van der Waals surface area (Å²) >= 11 is 0. The van der Waals surface area contributed by atoms with Gasteiger partial charge in [0, 0.05) is 23.9 Å². The van der Waals surface area contributed by atoms with Crippen LogP contribution in [0.3, 0.4) is 0 Å². The first-order valence-corrected chi connectivity index (χ1v) is 18.6. The average Bonchev–Trinajstić information content (AvgIpc) is 3.11. The van der Waals surface area contributed by atoms with E-state index >= 15 is 0 Å². The fraction of sp³-hybridized carbons (Fsp3) is 0.488. The summed E-state index contributed by atoms with van der Waals surface area (Å²) < 4.78 is 27.7. The summed E-state index contributed by atoms with van der Waals surface area (Å²) in [5, 5.41) is 0. The topological polar surface area (TPSA) is 118 Å². The van der Waals surface area contributed by atoms with E-state index in [1.165, 1.54) is 0 Å². The molecule has 0 bridgehead atoms. The summed E-state index contributed by atoms with van der Waals surface area (Å²) in [4.78, 5) is 51.8. The number of hydrogen-bond acceptors (Lipinski definition) is 10. The Hall–Kier alpha value is -4.70. The van der Waals surface area contributed by atoms with Crippen molar-refractivity contribution in [3.8, 4) is 17.2 Å². The Morgan fingerprint density at radius 1 is 0.604 bits per heavy atom. The van der Waals surface area contributed by atoms with Crippen LogP contribution < -0.4 is 14.2 Å². The number of piperidine rings is 1. The molecule has 3 aromatic rings. The summed E-state index contributed by atoms with van der Waals surface area (Å²) in [5.74, 6) is -0.325. The van der Waals surface area contributed by atoms with E-state index in [1.807, 2.05) is 19.1 Å². The Bertz CT molecular complexity index is 1630. The number of unbranched alkanes of at least 4 members (excludes halogenated alkanes) is 5. The second-order valence-electron chi connectivity index (χ2n) is 15.0. The Morgan fingerprint density at radius 3 is 1.57 bits per heavy atom. The molecule has 0 atom stereocenters. The quantitative estimate of drug-likeness (QED) is 0.0715. The fourth-order valence-electron chi connectivity index (χ4n) is 6.46. The third-order valence-electron chi connectivity index (χ3n) is 9.79. The Morgan fingerprint density at radius 2 is 1.04 bits per heavy atom. The van der Waals surface area contributed by atoms with Crippen molar-refractivity contribution in [3.63, 3.8) is 0 Å². The maximum Gasteiger partial charge on any atom is 0.343 e. The highest BCUT2D eigenvalue weighted by atomic mass is 16.6. The van der Waals surface area contributed by atoms with Crippen LogP contribution in [-0.2, 0) is 19.1 Å². The number of aryl methyl sites for hydroxylation is 1. The van der Waals surface area contributed by atoms with Crippen LogP contribution in [0.5, 0.6) is 17.2 Å². The van der Waals surface area contributed by atoms with Crippen molar-refractivity contribution in [1.29, 1.82) is 0 Å². The lowest BCUT2D eigenvalue weighted by Crippen LogP contribution is -2.60. The van der Waals surface area contributed by atoms with Crippen LogP contribution in [0, 0.1) is 6.92 Å². The molecule has 0 aliphatic carbocycles. The monoisotopic (exact) mass is 729 g/mol. The van der Waals surface area contributed by atoms with Gasteiger partial charge in [0.15, 0.2) is 0 Å². The van der Waals surface area contributed by atoms with Gasteiger partial charge in [-0.05, 0) is 115 Å². The predicted molar refractivity (Wildman–Crippen MR) is 202 cm³/mol. The van der Waals surface area contributed by atoms with Crippen LogP contribution in [0.4, 0.5) is 0 Å². The number of likely N-dealkylation sites (tertiary alicyclic amines) is 1. The van der Waals surface area contributed by atoms with E-state index in [9.17, 15) is 19.2 Å². The molecule has 0 radical (unpaired) electrons. The largest absolute Gasteiger partial charge is 0.494 e. The molecule has 4 rings (SSSR count). The van der Waals surface area contributed by atoms with E-state index in [4.69, 9.17) is 23.7 Å². The minimum atomic E-state index is -0.507. The molecule has 1 heterocycles. The van der Waals surface area contributed by atoms with E-state index in [-0.39, 0.29) is 42.0 Å². The second kappa shape index (κ2) is 19.4. The molecule has 0 aromatic heterocycles. The number of nitrogens with zero attached hydrogens (tertiary/aromatic N) is 1. The van der Waals surface area contributed by atoms with Gasteiger partial charge in [-0.3, -0.25) is 14.5 Å². The van der Waals surface area contributed by atoms with E-state index in [0.29, 0.717) is 41.6 Å². The van der Waals surface area contributed by atoms with Crippen LogP contribution in [-0.4, -0.2) is 66.2 Å². The standard InChI is InChI=1S/C43H55NO9/c1-31-13-15-32(16-14-31)40(47)52-35-21-23-36(24-22-35)53-41(48)33-17-19-34(20-18-33)49-27-11-9-7-8-10-12-28-50-38(45)25-26-39(46)51-37-29-42(2,3)44(6)43(4,5)30-37/h13-24,37H,7-12,25-30H2,1-6H3. The molecule has 1 saturated heterocycles. The van der Waals surface area contributed by atoms with Crippen LogP contribution in [0.2, 0.25) is 0 Å². The van der Waals surface area contributed by atoms with Gasteiger partial charge in [-0.2, -0.15) is 0 Å². The Labute approximate surface area is 314 Å². The number of benzene rings is 3. The summed E-state index contributed by atoms with van der Waals surface area (Å²) in [5.41, 5.74) is 1.74. The normalized spacial score (nSPS) is 15.3. The van der Waals surface area contributed by atoms with Gasteiger partial charge in [0.1, 0.15) is 23.4 Å². The molecule has 3 aromatic carbocycles. The molecule has 10 nitrogen and oxygen atoms in total. The molecule has 0 spiro atoms. The van der Waals surface area contributed by atoms with Crippen molar-refractivity contribution in [2.45, 2.75) is 116 Å². The number of ether oxygens (including phenoxy) is 5. The minimum Gasteiger partial charge on any atom is -0.494 e. The van der Waals surface area contributed by atoms with Crippen LogP contribution >= 0.6 is 0 Å². The molecule has 286 valence electrons. The maximum absolute atomic E-state index is 12.6. The van der Waals surface area contributed by atoms with Gasteiger partial charge >= 0.3 is 23.9 Å². The highest BCUT2D eigenvalue weighted by Gasteiger charge is 2.44. The van der Waals surface area contributed by atoms with Crippen molar-refractivity contribution in [3.05, 3.63) is 89.5 Å². The SMILES string of the molecule is Cc1ccc(C(=O)Oc2ccc(OC(=O)c3ccc(OCCCCCCCCOC(=O)CCC(=O)OC4CC(C)(C)N(C)C(C)(C)C4)cc3)cc2)cc1. The van der Waals surface area contributed by atoms with Gasteiger partial charge in [0.05, 0.1) is 37.2 Å². The first-order chi connectivity index (χ1) is 25.2. The molecule has 0 saturated carbocycles. The highest BCUT2D eigenvalue weighted by Crippen LogP contribution is 2.38. The van der Waals surface area contributed by atoms with Crippen LogP contribution in [0.15, 0.2) is 72.8 Å². The first kappa shape index (κ1) is 41.1. The number of esters is 4. The lowest BCUT2D eigenvalue weighted by Gasteiger charge is -2.53. The molecule has 53 heavy (non-hydrogen) atoms. The van der Waals surface area contributed by atoms with Gasteiger partial charge < -0.3 is 23.7 Å². The van der Waals surface area contributed by atoms with E-state index < -0.39 is 11.9 Å². The Kier molecular flexibility index (Phi) is 15.0. The maximum atomic E-state index is 12.6. The lowest BCUT2D eigenvalue weighted by molar-refractivity contribution is -0.161. The number of rotatable bonds is 18. The average molecular weight is 730 g/mol. The van der Waals surface area contributed by atoms with E-state index in [1.54, 1.807) is 60.7 Å². The second-order valence-corrected chi connectivity index (χ2v) is 15.0. The third kappa shape index (κ3) is 13.3. The molecule has 0 N–H and O–H groups in total. The zero-order valence-corrected chi connectivity index (χ0v) is 32.1. The zero-order valence-electron chi connectivity index (χ0n) is 32.1. The first-order valence-electron chi connectivity index (χ1n) is 18.6. The smallest absolute Gasteiger partial charge is 0.343 e. The number of hydrogen-bond donors (Lipinski definition) is 0. The summed E-state index contributed by atoms with van der Waals surface area (Å²) in [6.07, 6.45) is 7.20. The van der Waals surface area contributed by atoms with Gasteiger partial charge in [-0.25, -0.2) is 9.59 Å². The molecule has 0 amide bonds. The van der Waals surface area contributed by atoms with Gasteiger partial charge in [-0.15, -0.1) is 0 Å². The third-order valence-corrected chi connectivity index (χ3v) is 9.79. The van der Waals surface area contributed by atoms with Crippen LogP contribution in [0.25, 0.3) is 0 Å². The van der Waals surface area contributed by atoms with Gasteiger partial charge in [0.25, 0.3) is 0 Å². The van der Waals surface area contributed by atoms with Crippen molar-refractivity contribution >= 4 is 23.9 Å².